The fourth-order valence-corrected chi connectivity index (χ4v) is 3.36. The standard InChI is InChI=1S/C18H20ClF3N4O/c19-16-15(11-24-26(17(16)27)14-4-2-1-3-5-14)23-10-13-6-8-25(9-7-13)12-18(20,21)22/h1-5,11,13,23H,6-10,12H2. The Kier molecular flexibility index (Phi) is 6.06. The van der Waals surface area contributed by atoms with Gasteiger partial charge in [0.05, 0.1) is 24.1 Å². The molecule has 0 unspecified atom stereocenters. The SMILES string of the molecule is O=c1c(Cl)c(NCC2CCN(CC(F)(F)F)CC2)cnn1-c1ccccc1. The molecule has 2 aromatic rings. The smallest absolute Gasteiger partial charge is 0.382 e. The molecule has 3 rings (SSSR count). The first-order valence-corrected chi connectivity index (χ1v) is 9.07. The second-order valence-electron chi connectivity index (χ2n) is 6.64. The number of hydrogen-bond acceptors (Lipinski definition) is 4. The Labute approximate surface area is 159 Å². The first-order valence-electron chi connectivity index (χ1n) is 8.70. The van der Waals surface area contributed by atoms with Crippen LogP contribution < -0.4 is 10.9 Å². The van der Waals surface area contributed by atoms with Crippen LogP contribution in [0, 0.1) is 5.92 Å². The molecule has 2 heterocycles. The highest BCUT2D eigenvalue weighted by molar-refractivity contribution is 6.32. The third kappa shape index (κ3) is 5.23. The monoisotopic (exact) mass is 400 g/mol. The third-order valence-corrected chi connectivity index (χ3v) is 4.98. The molecule has 1 aromatic heterocycles. The summed E-state index contributed by atoms with van der Waals surface area (Å²) in [5, 5.41) is 7.31. The van der Waals surface area contributed by atoms with E-state index in [0.717, 1.165) is 0 Å². The number of nitrogens with one attached hydrogen (secondary N) is 1. The van der Waals surface area contributed by atoms with E-state index in [9.17, 15) is 18.0 Å². The van der Waals surface area contributed by atoms with Crippen LogP contribution in [0.25, 0.3) is 5.69 Å². The Hall–Kier alpha value is -2.06. The number of halogens is 4. The van der Waals surface area contributed by atoms with Crippen molar-refractivity contribution in [3.05, 3.63) is 51.9 Å². The van der Waals surface area contributed by atoms with Crippen LogP contribution in [0.5, 0.6) is 0 Å². The Bertz CT molecular complexity index is 818. The number of piperidine rings is 1. The van der Waals surface area contributed by atoms with Crippen LogP contribution in [0.4, 0.5) is 18.9 Å². The van der Waals surface area contributed by atoms with E-state index >= 15 is 0 Å². The largest absolute Gasteiger partial charge is 0.401 e. The van der Waals surface area contributed by atoms with Crippen LogP contribution in [-0.4, -0.2) is 47.0 Å². The molecule has 1 N–H and O–H groups in total. The molecule has 0 atom stereocenters. The minimum Gasteiger partial charge on any atom is -0.382 e. The second kappa shape index (κ2) is 8.31. The molecule has 0 amide bonds. The normalized spacial score (nSPS) is 16.4. The molecule has 0 bridgehead atoms. The lowest BCUT2D eigenvalue weighted by Crippen LogP contribution is -2.41. The van der Waals surface area contributed by atoms with Gasteiger partial charge < -0.3 is 5.32 Å². The zero-order chi connectivity index (χ0) is 19.4. The zero-order valence-electron chi connectivity index (χ0n) is 14.5. The van der Waals surface area contributed by atoms with E-state index in [1.165, 1.54) is 15.8 Å². The molecule has 0 saturated carbocycles. The number of hydrogen-bond donors (Lipinski definition) is 1. The fraction of sp³-hybridized carbons (Fsp3) is 0.444. The summed E-state index contributed by atoms with van der Waals surface area (Å²) in [7, 11) is 0. The summed E-state index contributed by atoms with van der Waals surface area (Å²) in [6, 6.07) is 8.95. The van der Waals surface area contributed by atoms with E-state index in [1.807, 2.05) is 6.07 Å². The molecule has 5 nitrogen and oxygen atoms in total. The predicted octanol–water partition coefficient (Wildman–Crippen LogP) is 3.57. The number of para-hydroxylation sites is 1. The lowest BCUT2D eigenvalue weighted by molar-refractivity contribution is -0.148. The quantitative estimate of drug-likeness (QED) is 0.833. The predicted molar refractivity (Wildman–Crippen MR) is 98.6 cm³/mol. The van der Waals surface area contributed by atoms with Crippen LogP contribution in [0.15, 0.2) is 41.3 Å². The minimum absolute atomic E-state index is 0.0448. The number of anilines is 1. The molecule has 1 aliphatic heterocycles. The first-order chi connectivity index (χ1) is 12.8. The summed E-state index contributed by atoms with van der Waals surface area (Å²) in [4.78, 5) is 13.9. The molecule has 0 spiro atoms. The number of rotatable bonds is 5. The van der Waals surface area contributed by atoms with Gasteiger partial charge in [0.1, 0.15) is 5.02 Å². The fourth-order valence-electron chi connectivity index (χ4n) is 3.17. The van der Waals surface area contributed by atoms with Gasteiger partial charge in [-0.2, -0.15) is 23.0 Å². The van der Waals surface area contributed by atoms with Crippen molar-refractivity contribution < 1.29 is 13.2 Å². The molecular weight excluding hydrogens is 381 g/mol. The van der Waals surface area contributed by atoms with Crippen LogP contribution in [0.2, 0.25) is 5.02 Å². The highest BCUT2D eigenvalue weighted by atomic mass is 35.5. The Morgan fingerprint density at radius 2 is 1.85 bits per heavy atom. The molecule has 9 heteroatoms. The highest BCUT2D eigenvalue weighted by Gasteiger charge is 2.32. The van der Waals surface area contributed by atoms with Crippen molar-refractivity contribution in [1.29, 1.82) is 0 Å². The molecule has 146 valence electrons. The molecule has 1 aliphatic rings. The van der Waals surface area contributed by atoms with Crippen molar-refractivity contribution in [2.45, 2.75) is 19.0 Å². The summed E-state index contributed by atoms with van der Waals surface area (Å²) in [5.41, 5.74) is 0.632. The van der Waals surface area contributed by atoms with E-state index in [1.54, 1.807) is 24.3 Å². The van der Waals surface area contributed by atoms with Crippen molar-refractivity contribution in [2.24, 2.45) is 5.92 Å². The lowest BCUT2D eigenvalue weighted by Gasteiger charge is -2.32. The number of benzene rings is 1. The van der Waals surface area contributed by atoms with Crippen LogP contribution in [-0.2, 0) is 0 Å². The third-order valence-electron chi connectivity index (χ3n) is 4.61. The number of nitrogens with zero attached hydrogens (tertiary/aromatic N) is 3. The van der Waals surface area contributed by atoms with Gasteiger partial charge in [0.25, 0.3) is 5.56 Å². The van der Waals surface area contributed by atoms with Gasteiger partial charge >= 0.3 is 6.18 Å². The minimum atomic E-state index is -4.16. The number of aromatic nitrogens is 2. The topological polar surface area (TPSA) is 50.2 Å². The second-order valence-corrected chi connectivity index (χ2v) is 7.02. The summed E-state index contributed by atoms with van der Waals surface area (Å²) >= 11 is 6.19. The first kappa shape index (κ1) is 19.7. The van der Waals surface area contributed by atoms with Crippen LogP contribution >= 0.6 is 11.6 Å². The van der Waals surface area contributed by atoms with Crippen molar-refractivity contribution >= 4 is 17.3 Å². The van der Waals surface area contributed by atoms with Crippen molar-refractivity contribution in [2.75, 3.05) is 31.5 Å². The van der Waals surface area contributed by atoms with Crippen LogP contribution in [0.3, 0.4) is 0 Å². The molecule has 1 saturated heterocycles. The molecule has 1 fully saturated rings. The van der Waals surface area contributed by atoms with Crippen molar-refractivity contribution in [3.63, 3.8) is 0 Å². The van der Waals surface area contributed by atoms with Gasteiger partial charge in [-0.25, -0.2) is 0 Å². The van der Waals surface area contributed by atoms with Crippen LogP contribution in [0.1, 0.15) is 12.8 Å². The maximum atomic E-state index is 12.4. The summed E-state index contributed by atoms with van der Waals surface area (Å²) < 4.78 is 38.5. The van der Waals surface area contributed by atoms with Crippen molar-refractivity contribution in [1.82, 2.24) is 14.7 Å². The van der Waals surface area contributed by atoms with E-state index in [2.05, 4.69) is 10.4 Å². The summed E-state index contributed by atoms with van der Waals surface area (Å²) in [6.07, 6.45) is -1.34. The summed E-state index contributed by atoms with van der Waals surface area (Å²) in [6.45, 7) is 0.498. The van der Waals surface area contributed by atoms with E-state index in [-0.39, 0.29) is 10.9 Å². The number of likely N-dealkylation sites (tertiary alicyclic amines) is 1. The summed E-state index contributed by atoms with van der Waals surface area (Å²) in [5.74, 6) is 0.224. The highest BCUT2D eigenvalue weighted by Crippen LogP contribution is 2.24. The van der Waals surface area contributed by atoms with Gasteiger partial charge in [-0.05, 0) is 44.0 Å². The number of alkyl halides is 3. The Balaban J connectivity index is 1.58. The van der Waals surface area contributed by atoms with Gasteiger partial charge in [-0.1, -0.05) is 29.8 Å². The maximum absolute atomic E-state index is 12.4. The van der Waals surface area contributed by atoms with Gasteiger partial charge in [0.2, 0.25) is 0 Å². The van der Waals surface area contributed by atoms with Gasteiger partial charge in [-0.3, -0.25) is 9.69 Å². The van der Waals surface area contributed by atoms with E-state index in [4.69, 9.17) is 11.6 Å². The Morgan fingerprint density at radius 1 is 1.19 bits per heavy atom. The van der Waals surface area contributed by atoms with E-state index < -0.39 is 18.3 Å². The molecule has 0 aliphatic carbocycles. The zero-order valence-corrected chi connectivity index (χ0v) is 15.3. The molecular formula is C18H20ClF3N4O. The van der Waals surface area contributed by atoms with Gasteiger partial charge in [-0.15, -0.1) is 0 Å². The average molecular weight is 401 g/mol. The average Bonchev–Trinajstić information content (AvgIpc) is 2.64. The van der Waals surface area contributed by atoms with Gasteiger partial charge in [0, 0.05) is 6.54 Å². The van der Waals surface area contributed by atoms with Crippen molar-refractivity contribution in [3.8, 4) is 5.69 Å². The Morgan fingerprint density at radius 3 is 2.48 bits per heavy atom. The van der Waals surface area contributed by atoms with E-state index in [0.29, 0.717) is 43.9 Å². The molecule has 27 heavy (non-hydrogen) atoms. The maximum Gasteiger partial charge on any atom is 0.401 e. The van der Waals surface area contributed by atoms with Gasteiger partial charge in [0.15, 0.2) is 0 Å². The molecule has 1 aromatic carbocycles. The molecule has 0 radical (unpaired) electrons. The lowest BCUT2D eigenvalue weighted by atomic mass is 9.97.